The average Bonchev–Trinajstić information content (AvgIpc) is 3.08. The van der Waals surface area contributed by atoms with Crippen molar-refractivity contribution in [2.45, 2.75) is 12.0 Å². The summed E-state index contributed by atoms with van der Waals surface area (Å²) in [5, 5.41) is 3.54. The molecule has 26 heavy (non-hydrogen) atoms. The van der Waals surface area contributed by atoms with Crippen molar-refractivity contribution in [1.82, 2.24) is 5.32 Å². The molecule has 0 bridgehead atoms. The molecule has 0 amide bonds. The standard InChI is InChI=1S/C20H18ClNO4/c1-25-17-9-5-7-15(19(17)26-2)18(24)14-6-3-4-8-16(14)20(12-23)10-13(21)11-22-20/h3-9,11-12,22H,10H2,1-2H3. The fraction of sp³-hybridized carbons (Fsp3) is 0.200. The Hall–Kier alpha value is -2.79. The lowest BCUT2D eigenvalue weighted by Gasteiger charge is -2.26. The first-order chi connectivity index (χ1) is 12.6. The Balaban J connectivity index is 2.12. The van der Waals surface area contributed by atoms with Gasteiger partial charge in [0.25, 0.3) is 0 Å². The van der Waals surface area contributed by atoms with Crippen LogP contribution < -0.4 is 14.8 Å². The fourth-order valence-corrected chi connectivity index (χ4v) is 3.43. The first kappa shape index (κ1) is 18.0. The molecule has 0 spiro atoms. The summed E-state index contributed by atoms with van der Waals surface area (Å²) in [6, 6.07) is 12.1. The van der Waals surface area contributed by atoms with E-state index in [-0.39, 0.29) is 12.2 Å². The molecule has 0 radical (unpaired) electrons. The van der Waals surface area contributed by atoms with E-state index in [1.165, 1.54) is 14.2 Å². The molecule has 2 aromatic carbocycles. The van der Waals surface area contributed by atoms with Crippen molar-refractivity contribution in [3.8, 4) is 11.5 Å². The normalized spacial score (nSPS) is 18.7. The van der Waals surface area contributed by atoms with Gasteiger partial charge in [-0.25, -0.2) is 0 Å². The second-order valence-corrected chi connectivity index (χ2v) is 6.40. The van der Waals surface area contributed by atoms with Gasteiger partial charge in [0, 0.05) is 23.2 Å². The van der Waals surface area contributed by atoms with E-state index in [0.29, 0.717) is 33.2 Å². The maximum atomic E-state index is 13.3. The molecule has 134 valence electrons. The van der Waals surface area contributed by atoms with Crippen LogP contribution in [0, 0.1) is 0 Å². The second-order valence-electron chi connectivity index (χ2n) is 5.92. The minimum absolute atomic E-state index is 0.262. The maximum absolute atomic E-state index is 13.3. The Morgan fingerprint density at radius 2 is 1.85 bits per heavy atom. The van der Waals surface area contributed by atoms with Gasteiger partial charge in [0.05, 0.1) is 19.8 Å². The minimum Gasteiger partial charge on any atom is -0.493 e. The predicted molar refractivity (Wildman–Crippen MR) is 98.9 cm³/mol. The van der Waals surface area contributed by atoms with Crippen LogP contribution in [0.15, 0.2) is 53.7 Å². The first-order valence-corrected chi connectivity index (χ1v) is 8.38. The van der Waals surface area contributed by atoms with Crippen LogP contribution in [0.1, 0.15) is 27.9 Å². The number of ketones is 1. The van der Waals surface area contributed by atoms with Gasteiger partial charge in [-0.15, -0.1) is 0 Å². The van der Waals surface area contributed by atoms with Crippen LogP contribution in [0.4, 0.5) is 0 Å². The van der Waals surface area contributed by atoms with Crippen molar-refractivity contribution in [3.63, 3.8) is 0 Å². The van der Waals surface area contributed by atoms with Gasteiger partial charge < -0.3 is 19.6 Å². The van der Waals surface area contributed by atoms with E-state index in [1.807, 2.05) is 0 Å². The number of para-hydroxylation sites is 1. The van der Waals surface area contributed by atoms with Crippen molar-refractivity contribution < 1.29 is 19.1 Å². The van der Waals surface area contributed by atoms with Gasteiger partial charge >= 0.3 is 0 Å². The zero-order chi connectivity index (χ0) is 18.7. The number of halogens is 1. The van der Waals surface area contributed by atoms with Crippen LogP contribution in [0.5, 0.6) is 11.5 Å². The van der Waals surface area contributed by atoms with Crippen molar-refractivity contribution in [2.75, 3.05) is 14.2 Å². The molecule has 0 aromatic heterocycles. The third kappa shape index (κ3) is 2.95. The van der Waals surface area contributed by atoms with Crippen LogP contribution in [0.3, 0.4) is 0 Å². The summed E-state index contributed by atoms with van der Waals surface area (Å²) < 4.78 is 10.7. The first-order valence-electron chi connectivity index (χ1n) is 8.00. The third-order valence-corrected chi connectivity index (χ3v) is 4.68. The summed E-state index contributed by atoms with van der Waals surface area (Å²) in [4.78, 5) is 25.2. The number of ether oxygens (including phenoxy) is 2. The summed E-state index contributed by atoms with van der Waals surface area (Å²) in [6.07, 6.45) is 2.66. The van der Waals surface area contributed by atoms with Crippen molar-refractivity contribution in [1.29, 1.82) is 0 Å². The van der Waals surface area contributed by atoms with E-state index in [4.69, 9.17) is 21.1 Å². The van der Waals surface area contributed by atoms with E-state index < -0.39 is 5.54 Å². The fourth-order valence-electron chi connectivity index (χ4n) is 3.17. The third-order valence-electron chi connectivity index (χ3n) is 4.44. The molecule has 0 fully saturated rings. The highest BCUT2D eigenvalue weighted by molar-refractivity contribution is 6.30. The van der Waals surface area contributed by atoms with E-state index >= 15 is 0 Å². The predicted octanol–water partition coefficient (Wildman–Crippen LogP) is 3.40. The zero-order valence-corrected chi connectivity index (χ0v) is 15.2. The lowest BCUT2D eigenvalue weighted by Crippen LogP contribution is -2.39. The lowest BCUT2D eigenvalue weighted by atomic mass is 9.84. The maximum Gasteiger partial charge on any atom is 0.197 e. The highest BCUT2D eigenvalue weighted by Gasteiger charge is 2.38. The van der Waals surface area contributed by atoms with Gasteiger partial charge in [-0.1, -0.05) is 41.9 Å². The Labute approximate surface area is 156 Å². The molecular weight excluding hydrogens is 354 g/mol. The quantitative estimate of drug-likeness (QED) is 0.622. The number of carbonyl (C=O) groups is 2. The van der Waals surface area contributed by atoms with Gasteiger partial charge in [-0.3, -0.25) is 4.79 Å². The molecule has 2 aromatic rings. The molecule has 6 heteroatoms. The summed E-state index contributed by atoms with van der Waals surface area (Å²) in [7, 11) is 2.99. The number of benzene rings is 2. The molecule has 0 saturated heterocycles. The number of hydrogen-bond donors (Lipinski definition) is 1. The van der Waals surface area contributed by atoms with E-state index in [1.54, 1.807) is 48.7 Å². The van der Waals surface area contributed by atoms with E-state index in [0.717, 1.165) is 6.29 Å². The summed E-state index contributed by atoms with van der Waals surface area (Å²) in [5.41, 5.74) is 0.266. The molecule has 1 heterocycles. The molecule has 0 aliphatic carbocycles. The molecule has 5 nitrogen and oxygen atoms in total. The number of carbonyl (C=O) groups excluding carboxylic acids is 2. The Morgan fingerprint density at radius 1 is 1.12 bits per heavy atom. The van der Waals surface area contributed by atoms with Gasteiger partial charge in [0.1, 0.15) is 11.8 Å². The van der Waals surface area contributed by atoms with Crippen molar-refractivity contribution in [2.24, 2.45) is 0 Å². The van der Waals surface area contributed by atoms with Gasteiger partial charge in [0.2, 0.25) is 0 Å². The second kappa shape index (κ2) is 7.22. The highest BCUT2D eigenvalue weighted by atomic mass is 35.5. The largest absolute Gasteiger partial charge is 0.493 e. The van der Waals surface area contributed by atoms with Crippen LogP contribution in [-0.2, 0) is 10.3 Å². The zero-order valence-electron chi connectivity index (χ0n) is 14.4. The minimum atomic E-state index is -1.06. The molecule has 0 saturated carbocycles. The van der Waals surface area contributed by atoms with Crippen LogP contribution in [0.2, 0.25) is 0 Å². The van der Waals surface area contributed by atoms with Crippen LogP contribution in [-0.4, -0.2) is 26.3 Å². The van der Waals surface area contributed by atoms with E-state index in [2.05, 4.69) is 5.32 Å². The van der Waals surface area contributed by atoms with Gasteiger partial charge in [-0.2, -0.15) is 0 Å². The number of aldehydes is 1. The number of rotatable bonds is 6. The average molecular weight is 372 g/mol. The molecular formula is C20H18ClNO4. The number of methoxy groups -OCH3 is 2. The summed E-state index contributed by atoms with van der Waals surface area (Å²) in [6.45, 7) is 0. The summed E-state index contributed by atoms with van der Waals surface area (Å²) in [5.74, 6) is 0.553. The summed E-state index contributed by atoms with van der Waals surface area (Å²) >= 11 is 6.08. The monoisotopic (exact) mass is 371 g/mol. The highest BCUT2D eigenvalue weighted by Crippen LogP contribution is 2.37. The van der Waals surface area contributed by atoms with Crippen molar-refractivity contribution in [3.05, 3.63) is 70.4 Å². The number of nitrogens with one attached hydrogen (secondary N) is 1. The smallest absolute Gasteiger partial charge is 0.197 e. The van der Waals surface area contributed by atoms with Gasteiger partial charge in [-0.05, 0) is 17.7 Å². The molecule has 1 atom stereocenters. The van der Waals surface area contributed by atoms with Crippen LogP contribution in [0.25, 0.3) is 0 Å². The lowest BCUT2D eigenvalue weighted by molar-refractivity contribution is -0.113. The molecule has 3 rings (SSSR count). The van der Waals surface area contributed by atoms with Crippen molar-refractivity contribution >= 4 is 23.7 Å². The topological polar surface area (TPSA) is 64.6 Å². The SMILES string of the molecule is COc1cccc(C(=O)c2ccccc2C2(C=O)CC(Cl)=CN2)c1OC. The number of hydrogen-bond acceptors (Lipinski definition) is 5. The Bertz CT molecular complexity index is 893. The molecule has 1 unspecified atom stereocenters. The molecule has 1 aliphatic rings. The Kier molecular flexibility index (Phi) is 5.00. The molecule has 1 aliphatic heterocycles. The Morgan fingerprint density at radius 3 is 2.46 bits per heavy atom. The molecule has 1 N–H and O–H groups in total. The van der Waals surface area contributed by atoms with E-state index in [9.17, 15) is 9.59 Å². The van der Waals surface area contributed by atoms with Crippen LogP contribution >= 0.6 is 11.6 Å². The van der Waals surface area contributed by atoms with Gasteiger partial charge in [0.15, 0.2) is 17.3 Å².